The summed E-state index contributed by atoms with van der Waals surface area (Å²) < 4.78 is 1.06. The Labute approximate surface area is 103 Å². The molecule has 0 spiro atoms. The molecule has 0 bridgehead atoms. The van der Waals surface area contributed by atoms with E-state index in [1.54, 1.807) is 0 Å². The molecule has 0 radical (unpaired) electrons. The first kappa shape index (κ1) is 11.4. The number of rotatable bonds is 2. The monoisotopic (exact) mass is 279 g/mol. The van der Waals surface area contributed by atoms with Gasteiger partial charge in [-0.15, -0.1) is 0 Å². The Hall–Kier alpha value is -1.13. The highest BCUT2D eigenvalue weighted by Crippen LogP contribution is 2.27. The van der Waals surface area contributed by atoms with Crippen molar-refractivity contribution in [2.45, 2.75) is 20.4 Å². The van der Waals surface area contributed by atoms with Gasteiger partial charge in [-0.25, -0.2) is 4.98 Å². The van der Waals surface area contributed by atoms with E-state index in [9.17, 15) is 0 Å². The number of imidazole rings is 1. The maximum atomic E-state index is 5.58. The lowest BCUT2D eigenvalue weighted by Gasteiger charge is -2.04. The zero-order valence-electron chi connectivity index (χ0n) is 9.34. The van der Waals surface area contributed by atoms with Gasteiger partial charge in [0.05, 0.1) is 12.2 Å². The molecule has 3 nitrogen and oxygen atoms in total. The van der Waals surface area contributed by atoms with Crippen molar-refractivity contribution in [1.29, 1.82) is 0 Å². The summed E-state index contributed by atoms with van der Waals surface area (Å²) >= 11 is 3.48. The van der Waals surface area contributed by atoms with Crippen molar-refractivity contribution in [2.24, 2.45) is 5.73 Å². The Morgan fingerprint density at radius 1 is 1.38 bits per heavy atom. The molecular weight excluding hydrogens is 266 g/mol. The van der Waals surface area contributed by atoms with E-state index in [1.165, 1.54) is 5.56 Å². The third-order valence-corrected chi connectivity index (χ3v) is 3.08. The van der Waals surface area contributed by atoms with Gasteiger partial charge >= 0.3 is 0 Å². The van der Waals surface area contributed by atoms with Crippen LogP contribution < -0.4 is 5.73 Å². The predicted octanol–water partition coefficient (Wildman–Crippen LogP) is 2.91. The van der Waals surface area contributed by atoms with E-state index in [2.05, 4.69) is 45.0 Å². The molecule has 16 heavy (non-hydrogen) atoms. The van der Waals surface area contributed by atoms with E-state index >= 15 is 0 Å². The largest absolute Gasteiger partial charge is 0.344 e. The number of halogens is 1. The predicted molar refractivity (Wildman–Crippen MR) is 69.1 cm³/mol. The molecule has 0 unspecified atom stereocenters. The minimum atomic E-state index is 0.438. The van der Waals surface area contributed by atoms with Crippen LogP contribution in [0.4, 0.5) is 0 Å². The first-order valence-corrected chi connectivity index (χ1v) is 5.93. The van der Waals surface area contributed by atoms with Gasteiger partial charge in [-0.3, -0.25) is 0 Å². The van der Waals surface area contributed by atoms with Crippen molar-refractivity contribution in [3.8, 4) is 11.3 Å². The van der Waals surface area contributed by atoms with Gasteiger partial charge in [-0.05, 0) is 31.5 Å². The number of hydrogen-bond acceptors (Lipinski definition) is 2. The van der Waals surface area contributed by atoms with Crippen LogP contribution in [0, 0.1) is 13.8 Å². The van der Waals surface area contributed by atoms with Crippen LogP contribution >= 0.6 is 15.9 Å². The topological polar surface area (TPSA) is 54.7 Å². The van der Waals surface area contributed by atoms with Crippen LogP contribution in [0.5, 0.6) is 0 Å². The fourth-order valence-electron chi connectivity index (χ4n) is 1.73. The number of benzene rings is 1. The molecule has 84 valence electrons. The van der Waals surface area contributed by atoms with E-state index in [-0.39, 0.29) is 0 Å². The fraction of sp³-hybridized carbons (Fsp3) is 0.250. The summed E-state index contributed by atoms with van der Waals surface area (Å²) in [7, 11) is 0. The second-order valence-electron chi connectivity index (χ2n) is 3.82. The van der Waals surface area contributed by atoms with Crippen LogP contribution in [0.2, 0.25) is 0 Å². The van der Waals surface area contributed by atoms with E-state index in [4.69, 9.17) is 5.73 Å². The third kappa shape index (κ3) is 2.03. The SMILES string of the molecule is Cc1ccc(Br)cc1-c1nc(CN)[nH]c1C. The molecule has 0 atom stereocenters. The van der Waals surface area contributed by atoms with E-state index in [1.807, 2.05) is 13.0 Å². The highest BCUT2D eigenvalue weighted by molar-refractivity contribution is 9.10. The average Bonchev–Trinajstić information content (AvgIpc) is 2.63. The maximum absolute atomic E-state index is 5.58. The Morgan fingerprint density at radius 3 is 2.75 bits per heavy atom. The number of nitrogens with zero attached hydrogens (tertiary/aromatic N) is 1. The Bertz CT molecular complexity index is 517. The van der Waals surface area contributed by atoms with Crippen LogP contribution in [-0.2, 0) is 6.54 Å². The van der Waals surface area contributed by atoms with Gasteiger partial charge in [-0.2, -0.15) is 0 Å². The molecule has 0 saturated heterocycles. The standard InChI is InChI=1S/C12H14BrN3/c1-7-3-4-9(13)5-10(7)12-8(2)15-11(6-14)16-12/h3-5H,6,14H2,1-2H3,(H,15,16). The average molecular weight is 280 g/mol. The van der Waals surface area contributed by atoms with E-state index in [0.717, 1.165) is 27.2 Å². The molecule has 0 aliphatic rings. The molecule has 2 rings (SSSR count). The van der Waals surface area contributed by atoms with Crippen LogP contribution in [0.3, 0.4) is 0 Å². The number of H-pyrrole nitrogens is 1. The molecule has 0 fully saturated rings. The molecular formula is C12H14BrN3. The maximum Gasteiger partial charge on any atom is 0.120 e. The van der Waals surface area contributed by atoms with Crippen molar-refractivity contribution in [3.63, 3.8) is 0 Å². The first-order valence-electron chi connectivity index (χ1n) is 5.14. The van der Waals surface area contributed by atoms with Crippen molar-refractivity contribution in [3.05, 3.63) is 39.8 Å². The zero-order chi connectivity index (χ0) is 11.7. The second kappa shape index (κ2) is 4.39. The van der Waals surface area contributed by atoms with Gasteiger partial charge in [0, 0.05) is 15.7 Å². The smallest absolute Gasteiger partial charge is 0.120 e. The van der Waals surface area contributed by atoms with Crippen molar-refractivity contribution in [1.82, 2.24) is 9.97 Å². The molecule has 0 amide bonds. The van der Waals surface area contributed by atoms with Gasteiger partial charge in [0.25, 0.3) is 0 Å². The number of nitrogens with two attached hydrogens (primary N) is 1. The fourth-order valence-corrected chi connectivity index (χ4v) is 2.09. The zero-order valence-corrected chi connectivity index (χ0v) is 10.9. The lowest BCUT2D eigenvalue weighted by molar-refractivity contribution is 0.944. The summed E-state index contributed by atoms with van der Waals surface area (Å²) in [5.74, 6) is 0.826. The Morgan fingerprint density at radius 2 is 2.12 bits per heavy atom. The molecule has 3 N–H and O–H groups in total. The lowest BCUT2D eigenvalue weighted by atomic mass is 10.1. The second-order valence-corrected chi connectivity index (χ2v) is 4.74. The van der Waals surface area contributed by atoms with E-state index < -0.39 is 0 Å². The molecule has 1 aromatic carbocycles. The molecule has 2 aromatic rings. The van der Waals surface area contributed by atoms with Crippen molar-refractivity contribution >= 4 is 15.9 Å². The minimum Gasteiger partial charge on any atom is -0.344 e. The number of aromatic amines is 1. The van der Waals surface area contributed by atoms with Gasteiger partial charge in [0.15, 0.2) is 0 Å². The summed E-state index contributed by atoms with van der Waals surface area (Å²) in [5.41, 5.74) is 9.97. The molecule has 0 saturated carbocycles. The van der Waals surface area contributed by atoms with Gasteiger partial charge < -0.3 is 10.7 Å². The Balaban J connectivity index is 2.57. The highest BCUT2D eigenvalue weighted by atomic mass is 79.9. The number of aryl methyl sites for hydroxylation is 2. The van der Waals surface area contributed by atoms with Crippen LogP contribution in [0.1, 0.15) is 17.1 Å². The quantitative estimate of drug-likeness (QED) is 0.888. The van der Waals surface area contributed by atoms with Gasteiger partial charge in [0.2, 0.25) is 0 Å². The van der Waals surface area contributed by atoms with E-state index in [0.29, 0.717) is 6.54 Å². The molecule has 0 aliphatic carbocycles. The van der Waals surface area contributed by atoms with Gasteiger partial charge in [-0.1, -0.05) is 22.0 Å². The summed E-state index contributed by atoms with van der Waals surface area (Å²) in [6.07, 6.45) is 0. The van der Waals surface area contributed by atoms with Crippen molar-refractivity contribution in [2.75, 3.05) is 0 Å². The van der Waals surface area contributed by atoms with Crippen LogP contribution in [0.15, 0.2) is 22.7 Å². The molecule has 1 heterocycles. The minimum absolute atomic E-state index is 0.438. The van der Waals surface area contributed by atoms with Crippen LogP contribution in [-0.4, -0.2) is 9.97 Å². The highest BCUT2D eigenvalue weighted by Gasteiger charge is 2.10. The Kier molecular flexibility index (Phi) is 3.12. The molecule has 1 aromatic heterocycles. The molecule has 0 aliphatic heterocycles. The number of aromatic nitrogens is 2. The summed E-state index contributed by atoms with van der Waals surface area (Å²) in [4.78, 5) is 7.69. The van der Waals surface area contributed by atoms with Crippen LogP contribution in [0.25, 0.3) is 11.3 Å². The lowest BCUT2D eigenvalue weighted by Crippen LogP contribution is -1.98. The number of nitrogens with one attached hydrogen (secondary N) is 1. The summed E-state index contributed by atoms with van der Waals surface area (Å²) in [5, 5.41) is 0. The normalized spacial score (nSPS) is 10.8. The summed E-state index contributed by atoms with van der Waals surface area (Å²) in [6, 6.07) is 6.19. The number of hydrogen-bond donors (Lipinski definition) is 2. The third-order valence-electron chi connectivity index (χ3n) is 2.58. The summed E-state index contributed by atoms with van der Waals surface area (Å²) in [6.45, 7) is 4.54. The van der Waals surface area contributed by atoms with Crippen molar-refractivity contribution < 1.29 is 0 Å². The van der Waals surface area contributed by atoms with Gasteiger partial charge in [0.1, 0.15) is 5.82 Å². The molecule has 4 heteroatoms. The first-order chi connectivity index (χ1) is 7.61.